The van der Waals surface area contributed by atoms with Gasteiger partial charge in [0.15, 0.2) is 0 Å². The van der Waals surface area contributed by atoms with Gasteiger partial charge in [0.05, 0.1) is 0 Å². The molecule has 0 fully saturated rings. The fraction of sp³-hybridized carbons (Fsp3) is 0.833. The molecule has 0 aliphatic heterocycles. The second-order valence-corrected chi connectivity index (χ2v) is 17.8. The molecule has 312 valence electrons. The molecule has 16 N–H and O–H groups in total. The second-order valence-electron chi connectivity index (χ2n) is 12.7. The van der Waals surface area contributed by atoms with Crippen molar-refractivity contribution in [1.29, 1.82) is 0 Å². The molecule has 24 nitrogen and oxygen atoms in total. The maximum atomic E-state index is 10.9. The van der Waals surface area contributed by atoms with Gasteiger partial charge in [-0.15, -0.1) is 0 Å². The third-order valence-electron chi connectivity index (χ3n) is 4.98. The van der Waals surface area contributed by atoms with Gasteiger partial charge in [0.1, 0.15) is 24.2 Å². The van der Waals surface area contributed by atoms with Crippen molar-refractivity contribution in [1.82, 2.24) is 0 Å². The Balaban J connectivity index is -0.000000192. The van der Waals surface area contributed by atoms with E-state index in [0.29, 0.717) is 25.7 Å². The summed E-state index contributed by atoms with van der Waals surface area (Å²) in [6, 6.07) is -3.76. The summed E-state index contributed by atoms with van der Waals surface area (Å²) >= 11 is 0. The summed E-state index contributed by atoms with van der Waals surface area (Å²) in [6.45, 7) is 14.8. The third kappa shape index (κ3) is 47.2. The zero-order chi connectivity index (χ0) is 42.6. The Hall–Kier alpha value is -0.881. The molecule has 0 spiro atoms. The first-order chi connectivity index (χ1) is 22.9. The molecule has 29 heteroatoms. The average Bonchev–Trinajstić information content (AvgIpc) is 2.84. The number of nitrogens with two attached hydrogens (primary N) is 8. The Kier molecular flexibility index (Phi) is 33.0. The van der Waals surface area contributed by atoms with Gasteiger partial charge in [0.25, 0.3) is 31.0 Å². The van der Waals surface area contributed by atoms with Crippen molar-refractivity contribution in [2.24, 2.45) is 68.6 Å². The molecule has 0 saturated heterocycles. The Morgan fingerprint density at radius 2 is 0.528 bits per heavy atom. The summed E-state index contributed by atoms with van der Waals surface area (Å²) in [7, 11) is -18.0. The van der Waals surface area contributed by atoms with Crippen LogP contribution in [0, 0.1) is 23.7 Å². The molecule has 0 aliphatic carbocycles. The van der Waals surface area contributed by atoms with E-state index in [1.165, 1.54) is 0 Å². The van der Waals surface area contributed by atoms with Crippen molar-refractivity contribution in [3.05, 3.63) is 0 Å². The largest absolute Gasteiger partial charge is 4.00 e. The standard InChI is InChI=1S/4C6H15N2O4P.Sn/c4*1-4(2)3-5(7)6(9)12-13(8,10)11;/h4*4-5H,3,7H2,1-2H3,(H3,8,10,11);/q;;;;+4/p-4/t4*5-;/m1111./s1. The first-order valence-corrected chi connectivity index (χ1v) is 21.7. The predicted molar refractivity (Wildman–Crippen MR) is 187 cm³/mol. The van der Waals surface area contributed by atoms with Gasteiger partial charge in [0.2, 0.25) is 0 Å². The van der Waals surface area contributed by atoms with Crippen LogP contribution in [0.5, 0.6) is 0 Å². The van der Waals surface area contributed by atoms with Crippen LogP contribution in [0.2, 0.25) is 0 Å². The fourth-order valence-corrected chi connectivity index (χ4v) is 4.73. The summed E-state index contributed by atoms with van der Waals surface area (Å²) in [5.74, 6) is -3.27. The minimum atomic E-state index is -4.50. The van der Waals surface area contributed by atoms with Crippen LogP contribution in [-0.4, -0.2) is 72.0 Å². The van der Waals surface area contributed by atoms with E-state index in [0.717, 1.165) is 0 Å². The van der Waals surface area contributed by atoms with E-state index in [4.69, 9.17) is 22.9 Å². The summed E-state index contributed by atoms with van der Waals surface area (Å²) < 4.78 is 57.0. The summed E-state index contributed by atoms with van der Waals surface area (Å²) in [5, 5.41) is 0. The molecule has 0 aromatic rings. The number of hydrogen-bond donors (Lipinski definition) is 8. The second kappa shape index (κ2) is 28.5. The molecule has 4 unspecified atom stereocenters. The van der Waals surface area contributed by atoms with E-state index in [1.807, 2.05) is 55.4 Å². The van der Waals surface area contributed by atoms with E-state index in [9.17, 15) is 57.0 Å². The molecule has 0 heterocycles. The molecule has 0 aromatic heterocycles. The first kappa shape index (κ1) is 61.3. The average molecular weight is 955 g/mol. The van der Waals surface area contributed by atoms with Crippen LogP contribution >= 0.6 is 31.0 Å². The molecule has 0 saturated carbocycles. The van der Waals surface area contributed by atoms with Crippen LogP contribution in [0.4, 0.5) is 0 Å². The molecular formula is C24H56N8O16P4Sn. The van der Waals surface area contributed by atoms with Crippen LogP contribution in [0.1, 0.15) is 81.1 Å². The number of rotatable bonds is 16. The van der Waals surface area contributed by atoms with E-state index >= 15 is 0 Å². The van der Waals surface area contributed by atoms with Gasteiger partial charge >= 0.3 is 47.8 Å². The van der Waals surface area contributed by atoms with Crippen LogP contribution in [0.3, 0.4) is 0 Å². The Labute approximate surface area is 326 Å². The molecule has 0 aromatic carbocycles. The van der Waals surface area contributed by atoms with E-state index < -0.39 is 79.0 Å². The topological polar surface area (TPSA) is 474 Å². The van der Waals surface area contributed by atoms with Gasteiger partial charge in [-0.1, -0.05) is 55.4 Å². The van der Waals surface area contributed by atoms with Gasteiger partial charge in [-0.3, -0.25) is 59.5 Å². The molecule has 53 heavy (non-hydrogen) atoms. The van der Waals surface area contributed by atoms with Gasteiger partial charge in [-0.05, 0) is 49.4 Å². The Morgan fingerprint density at radius 1 is 0.415 bits per heavy atom. The number of carbonyl (C=O) groups is 4. The Bertz CT molecular complexity index is 1100. The summed E-state index contributed by atoms with van der Waals surface area (Å²) in [4.78, 5) is 84.9. The maximum Gasteiger partial charge on any atom is 4.00 e. The smallest absolute Gasteiger partial charge is 0.757 e. The zero-order valence-corrected chi connectivity index (χ0v) is 37.3. The minimum absolute atomic E-state index is 0. The number of carbonyl (C=O) groups excluding carboxylic acids is 4. The van der Waals surface area contributed by atoms with E-state index in [-0.39, 0.29) is 47.6 Å². The van der Waals surface area contributed by atoms with Gasteiger partial charge in [0, 0.05) is 0 Å². The zero-order valence-electron chi connectivity index (χ0n) is 30.9. The number of hydrogen-bond acceptors (Lipinski definition) is 20. The van der Waals surface area contributed by atoms with Crippen molar-refractivity contribution in [3.8, 4) is 0 Å². The molecule has 0 bridgehead atoms. The quantitative estimate of drug-likeness (QED) is 0.0562. The van der Waals surface area contributed by atoms with Crippen molar-refractivity contribution < 1.29 is 75.1 Å². The van der Waals surface area contributed by atoms with Crippen LogP contribution in [0.25, 0.3) is 0 Å². The van der Waals surface area contributed by atoms with Crippen molar-refractivity contribution in [2.45, 2.75) is 105 Å². The predicted octanol–water partition coefficient (Wildman–Crippen LogP) is -3.06. The van der Waals surface area contributed by atoms with Crippen molar-refractivity contribution >= 4 is 78.8 Å². The van der Waals surface area contributed by atoms with Gasteiger partial charge in [-0.2, -0.15) is 0 Å². The van der Waals surface area contributed by atoms with Crippen molar-refractivity contribution in [3.63, 3.8) is 0 Å². The van der Waals surface area contributed by atoms with Gasteiger partial charge < -0.3 is 60.6 Å². The van der Waals surface area contributed by atoms with Crippen LogP contribution in [0.15, 0.2) is 0 Å². The Morgan fingerprint density at radius 3 is 0.604 bits per heavy atom. The minimum Gasteiger partial charge on any atom is -0.757 e. The molecule has 0 aliphatic rings. The normalized spacial score (nSPS) is 17.7. The maximum absolute atomic E-state index is 10.9. The van der Waals surface area contributed by atoms with Gasteiger partial charge in [-0.25, -0.2) is 0 Å². The van der Waals surface area contributed by atoms with Crippen LogP contribution < -0.4 is 64.5 Å². The van der Waals surface area contributed by atoms with E-state index in [2.05, 4.69) is 40.1 Å². The molecule has 0 amide bonds. The monoisotopic (exact) mass is 956 g/mol. The molecule has 0 rings (SSSR count). The fourth-order valence-electron chi connectivity index (χ4n) is 3.19. The molecular weight excluding hydrogens is 899 g/mol. The molecule has 8 atom stereocenters. The van der Waals surface area contributed by atoms with E-state index in [1.54, 1.807) is 0 Å². The van der Waals surface area contributed by atoms with Crippen molar-refractivity contribution in [2.75, 3.05) is 0 Å². The summed E-state index contributed by atoms with van der Waals surface area (Å²) in [6.07, 6.45) is 1.44. The molecule has 0 radical (unpaired) electrons. The summed E-state index contributed by atoms with van der Waals surface area (Å²) in [5.41, 5.74) is 39.4. The third-order valence-corrected chi connectivity index (χ3v) is 6.72. The SMILES string of the molecule is CC(C)C[C@@H](N)C(=O)OP(N)(=O)[O-].CC(C)C[C@@H](N)C(=O)OP(N)(=O)[O-].CC(C)C[C@@H](N)C(=O)OP(N)(=O)[O-].CC(C)C[C@@H](N)C(=O)OP(N)(=O)[O-].[Sn+4]. The van der Waals surface area contributed by atoms with Crippen LogP contribution in [-0.2, 0) is 55.5 Å². The first-order valence-electron chi connectivity index (χ1n) is 15.2.